The fourth-order valence-corrected chi connectivity index (χ4v) is 2.11. The number of rotatable bonds is 2. The van der Waals surface area contributed by atoms with Crippen LogP contribution in [0.2, 0.25) is 0 Å². The summed E-state index contributed by atoms with van der Waals surface area (Å²) in [5.74, 6) is 0.352. The molecule has 62 valence electrons. The highest BCUT2D eigenvalue weighted by molar-refractivity contribution is 7.37. The normalized spacial score (nSPS) is 16.9. The predicted octanol–water partition coefficient (Wildman–Crippen LogP) is 0.941. The van der Waals surface area contributed by atoms with Gasteiger partial charge >= 0.3 is 0 Å². The molecule has 2 rings (SSSR count). The molecule has 1 unspecified atom stereocenters. The summed E-state index contributed by atoms with van der Waals surface area (Å²) in [6.45, 7) is 0. The van der Waals surface area contributed by atoms with Crippen LogP contribution in [-0.2, 0) is 0 Å². The van der Waals surface area contributed by atoms with Crippen molar-refractivity contribution in [2.24, 2.45) is 0 Å². The second-order valence-corrected chi connectivity index (χ2v) is 4.42. The van der Waals surface area contributed by atoms with E-state index in [0.717, 1.165) is 5.66 Å². The molecule has 1 aromatic rings. The first kappa shape index (κ1) is 7.57. The van der Waals surface area contributed by atoms with Crippen LogP contribution in [0, 0.1) is 11.3 Å². The highest BCUT2D eigenvalue weighted by Crippen LogP contribution is 2.39. The standard InChI is InChI=1S/C7H9N4P/c8-3-5-4-11(10-7(5)9)12-6-1-2-6/h4,6,12H,1-2H2,(H2,9,10). The molecule has 0 aliphatic heterocycles. The van der Waals surface area contributed by atoms with E-state index in [1.807, 2.05) is 6.07 Å². The summed E-state index contributed by atoms with van der Waals surface area (Å²) in [4.78, 5) is 0. The van der Waals surface area contributed by atoms with E-state index in [9.17, 15) is 0 Å². The monoisotopic (exact) mass is 180 g/mol. The van der Waals surface area contributed by atoms with E-state index < -0.39 is 0 Å². The quantitative estimate of drug-likeness (QED) is 0.688. The maximum atomic E-state index is 8.60. The molecule has 12 heavy (non-hydrogen) atoms. The van der Waals surface area contributed by atoms with Crippen molar-refractivity contribution >= 4 is 14.5 Å². The van der Waals surface area contributed by atoms with Crippen molar-refractivity contribution in [1.29, 1.82) is 5.26 Å². The minimum atomic E-state index is 0.352. The number of nitrogens with two attached hydrogens (primary N) is 1. The van der Waals surface area contributed by atoms with Gasteiger partial charge in [0.05, 0.1) is 0 Å². The van der Waals surface area contributed by atoms with Crippen molar-refractivity contribution in [3.05, 3.63) is 11.8 Å². The van der Waals surface area contributed by atoms with E-state index >= 15 is 0 Å². The number of nitrogens with zero attached hydrogens (tertiary/aromatic N) is 3. The fraction of sp³-hybridized carbons (Fsp3) is 0.429. The summed E-state index contributed by atoms with van der Waals surface area (Å²) in [6, 6.07) is 2.01. The molecule has 0 spiro atoms. The van der Waals surface area contributed by atoms with E-state index in [4.69, 9.17) is 11.0 Å². The van der Waals surface area contributed by atoms with Gasteiger partial charge < -0.3 is 5.73 Å². The second kappa shape index (κ2) is 2.76. The molecule has 0 radical (unpaired) electrons. The molecule has 0 amide bonds. The number of nitriles is 1. The van der Waals surface area contributed by atoms with Gasteiger partial charge in [-0.3, -0.25) is 4.45 Å². The molecule has 1 heterocycles. The Morgan fingerprint density at radius 1 is 1.75 bits per heavy atom. The molecule has 0 bridgehead atoms. The van der Waals surface area contributed by atoms with Gasteiger partial charge in [0.1, 0.15) is 11.6 Å². The lowest BCUT2D eigenvalue weighted by atomic mass is 10.4. The Morgan fingerprint density at radius 2 is 2.50 bits per heavy atom. The average molecular weight is 180 g/mol. The maximum Gasteiger partial charge on any atom is 0.163 e. The Hall–Kier alpha value is -1.07. The van der Waals surface area contributed by atoms with E-state index in [2.05, 4.69) is 5.10 Å². The zero-order valence-electron chi connectivity index (χ0n) is 6.49. The predicted molar refractivity (Wildman–Crippen MR) is 48.1 cm³/mol. The number of nitrogen functional groups attached to an aromatic ring is 1. The van der Waals surface area contributed by atoms with Crippen LogP contribution >= 0.6 is 8.73 Å². The van der Waals surface area contributed by atoms with Crippen LogP contribution in [0.3, 0.4) is 0 Å². The molecule has 0 aromatic carbocycles. The summed E-state index contributed by atoms with van der Waals surface area (Å²) in [6.07, 6.45) is 4.31. The Labute approximate surface area is 72.2 Å². The summed E-state index contributed by atoms with van der Waals surface area (Å²) in [5, 5.41) is 12.6. The first-order chi connectivity index (χ1) is 5.79. The summed E-state index contributed by atoms with van der Waals surface area (Å²) in [7, 11) is 0.667. The van der Waals surface area contributed by atoms with E-state index in [1.165, 1.54) is 12.8 Å². The minimum Gasteiger partial charge on any atom is -0.381 e. The van der Waals surface area contributed by atoms with Gasteiger partial charge in [0.2, 0.25) is 0 Å². The van der Waals surface area contributed by atoms with Gasteiger partial charge in [-0.05, 0) is 18.5 Å². The molecule has 1 aromatic heterocycles. The van der Waals surface area contributed by atoms with Crippen LogP contribution in [0.15, 0.2) is 6.20 Å². The topological polar surface area (TPSA) is 67.6 Å². The van der Waals surface area contributed by atoms with Crippen molar-refractivity contribution < 1.29 is 0 Å². The lowest BCUT2D eigenvalue weighted by Gasteiger charge is -1.95. The molecule has 1 saturated carbocycles. The molecule has 1 fully saturated rings. The highest BCUT2D eigenvalue weighted by Gasteiger charge is 2.22. The van der Waals surface area contributed by atoms with E-state index in [0.29, 0.717) is 20.1 Å². The molecular formula is C7H9N4P. The van der Waals surface area contributed by atoms with E-state index in [1.54, 1.807) is 10.6 Å². The van der Waals surface area contributed by atoms with Crippen LogP contribution in [0.1, 0.15) is 18.4 Å². The van der Waals surface area contributed by atoms with Crippen molar-refractivity contribution in [3.63, 3.8) is 0 Å². The van der Waals surface area contributed by atoms with Crippen molar-refractivity contribution in [1.82, 2.24) is 9.55 Å². The van der Waals surface area contributed by atoms with Crippen molar-refractivity contribution in [2.75, 3.05) is 5.73 Å². The Morgan fingerprint density at radius 3 is 3.00 bits per heavy atom. The molecular weight excluding hydrogens is 171 g/mol. The Kier molecular flexibility index (Phi) is 1.74. The third kappa shape index (κ3) is 1.41. The smallest absolute Gasteiger partial charge is 0.163 e. The zero-order chi connectivity index (χ0) is 8.55. The summed E-state index contributed by atoms with van der Waals surface area (Å²) >= 11 is 0. The minimum absolute atomic E-state index is 0.352. The van der Waals surface area contributed by atoms with Crippen LogP contribution in [0.5, 0.6) is 0 Å². The first-order valence-electron chi connectivity index (χ1n) is 3.81. The lowest BCUT2D eigenvalue weighted by Crippen LogP contribution is -1.90. The van der Waals surface area contributed by atoms with Crippen LogP contribution in [0.4, 0.5) is 5.82 Å². The highest BCUT2D eigenvalue weighted by atomic mass is 31.1. The third-order valence-corrected chi connectivity index (χ3v) is 3.19. The molecule has 1 aliphatic carbocycles. The molecule has 2 N–H and O–H groups in total. The van der Waals surface area contributed by atoms with Crippen LogP contribution in [-0.4, -0.2) is 15.2 Å². The molecule has 4 nitrogen and oxygen atoms in total. The van der Waals surface area contributed by atoms with Gasteiger partial charge in [0.25, 0.3) is 0 Å². The second-order valence-electron chi connectivity index (χ2n) is 2.89. The zero-order valence-corrected chi connectivity index (χ0v) is 7.49. The first-order valence-corrected chi connectivity index (χ1v) is 4.84. The van der Waals surface area contributed by atoms with Gasteiger partial charge in [0, 0.05) is 14.9 Å². The van der Waals surface area contributed by atoms with Gasteiger partial charge in [0.15, 0.2) is 5.82 Å². The Balaban J connectivity index is 2.16. The van der Waals surface area contributed by atoms with E-state index in [-0.39, 0.29) is 0 Å². The molecule has 5 heteroatoms. The number of aromatic nitrogens is 2. The summed E-state index contributed by atoms with van der Waals surface area (Å²) < 4.78 is 1.80. The fourth-order valence-electron chi connectivity index (χ4n) is 0.939. The largest absolute Gasteiger partial charge is 0.381 e. The maximum absolute atomic E-state index is 8.60. The third-order valence-electron chi connectivity index (χ3n) is 1.76. The summed E-state index contributed by atoms with van der Waals surface area (Å²) in [5.41, 5.74) is 6.77. The average Bonchev–Trinajstić information content (AvgIpc) is 2.76. The van der Waals surface area contributed by atoms with Crippen LogP contribution in [0.25, 0.3) is 0 Å². The van der Waals surface area contributed by atoms with Crippen molar-refractivity contribution in [2.45, 2.75) is 18.5 Å². The number of hydrogen-bond acceptors (Lipinski definition) is 3. The van der Waals surface area contributed by atoms with Gasteiger partial charge in [-0.15, -0.1) is 0 Å². The van der Waals surface area contributed by atoms with Gasteiger partial charge in [-0.2, -0.15) is 10.4 Å². The SMILES string of the molecule is N#Cc1cn(PC2CC2)nc1N. The number of hydrogen-bond donors (Lipinski definition) is 1. The number of anilines is 1. The Bertz CT molecular complexity index is 334. The van der Waals surface area contributed by atoms with Crippen molar-refractivity contribution in [3.8, 4) is 6.07 Å². The van der Waals surface area contributed by atoms with Gasteiger partial charge in [-0.1, -0.05) is 0 Å². The lowest BCUT2D eigenvalue weighted by molar-refractivity contribution is 1.00. The molecule has 1 atom stereocenters. The van der Waals surface area contributed by atoms with Gasteiger partial charge in [-0.25, -0.2) is 0 Å². The molecule has 0 saturated heterocycles. The van der Waals surface area contributed by atoms with Crippen LogP contribution < -0.4 is 5.73 Å². The molecule has 1 aliphatic rings.